The fourth-order valence-corrected chi connectivity index (χ4v) is 9.22. The molecule has 17 nitrogen and oxygen atoms in total. The number of aryl methyl sites for hydroxylation is 1. The molecule has 0 bridgehead atoms. The van der Waals surface area contributed by atoms with Gasteiger partial charge in [0.2, 0.25) is 21.9 Å². The number of β-lactam (4-membered cyclic amide) rings is 2. The maximum atomic E-state index is 13.4. The molecule has 7 rings (SSSR count). The average Bonchev–Trinajstić information content (AvgIpc) is 3.58. The van der Waals surface area contributed by atoms with Gasteiger partial charge < -0.3 is 30.4 Å². The second kappa shape index (κ2) is 17.0. The van der Waals surface area contributed by atoms with E-state index < -0.39 is 41.9 Å². The summed E-state index contributed by atoms with van der Waals surface area (Å²) in [5.41, 5.74) is 1.93. The van der Waals surface area contributed by atoms with Crippen molar-refractivity contribution in [3.8, 4) is 5.75 Å². The van der Waals surface area contributed by atoms with Crippen molar-refractivity contribution in [1.29, 1.82) is 0 Å². The Morgan fingerprint density at radius 1 is 1.21 bits per heavy atom. The van der Waals surface area contributed by atoms with Gasteiger partial charge in [0.05, 0.1) is 5.88 Å². The average molecular weight is 803 g/mol. The number of aliphatic carboxylic acids is 1. The van der Waals surface area contributed by atoms with E-state index in [0.717, 1.165) is 11.3 Å². The summed E-state index contributed by atoms with van der Waals surface area (Å²) < 4.78 is 8.35. The molecule has 2 fully saturated rings. The summed E-state index contributed by atoms with van der Waals surface area (Å²) in [4.78, 5) is 77.3. The number of hydrogen-bond acceptors (Lipinski definition) is 13. The Hall–Kier alpha value is -4.66. The first kappa shape index (κ1) is 38.1. The summed E-state index contributed by atoms with van der Waals surface area (Å²) in [5.74, 6) is -0.194. The zero-order valence-electron chi connectivity index (χ0n) is 28.0. The largest absolute Gasteiger partial charge is 0.478 e. The molecule has 4 atom stereocenters. The van der Waals surface area contributed by atoms with Crippen LogP contribution in [0.1, 0.15) is 30.1 Å². The number of aromatic amines is 1. The number of carbonyl (C=O) groups is 5. The van der Waals surface area contributed by atoms with Crippen LogP contribution in [0.15, 0.2) is 64.3 Å². The number of nitrogens with one attached hydrogen (secondary N) is 3. The van der Waals surface area contributed by atoms with Gasteiger partial charge in [-0.15, -0.1) is 33.0 Å². The molecule has 2 unspecified atom stereocenters. The predicted molar refractivity (Wildman–Crippen MR) is 195 cm³/mol. The molecule has 278 valence electrons. The number of pyridine rings is 1. The first-order valence-electron chi connectivity index (χ1n) is 16.1. The number of carboxylic acid groups (broad SMARTS) is 1. The summed E-state index contributed by atoms with van der Waals surface area (Å²) in [5, 5.41) is 26.1. The minimum Gasteiger partial charge on any atom is -0.478 e. The second-order valence-electron chi connectivity index (χ2n) is 11.9. The molecule has 3 aromatic rings. The molecule has 4 aliphatic rings. The molecular formula is C32H33ClN9O8S3+. The van der Waals surface area contributed by atoms with Crippen LogP contribution in [-0.2, 0) is 36.9 Å². The van der Waals surface area contributed by atoms with E-state index in [0.29, 0.717) is 40.8 Å². The Morgan fingerprint density at radius 2 is 2.00 bits per heavy atom. The van der Waals surface area contributed by atoms with Gasteiger partial charge in [0.15, 0.2) is 12.4 Å². The highest BCUT2D eigenvalue weighted by Gasteiger charge is 2.51. The van der Waals surface area contributed by atoms with Crippen molar-refractivity contribution in [3.63, 3.8) is 0 Å². The van der Waals surface area contributed by atoms with Crippen LogP contribution in [0.25, 0.3) is 0 Å². The molecule has 4 amide bonds. The van der Waals surface area contributed by atoms with Crippen LogP contribution in [0.3, 0.4) is 0 Å². The maximum Gasteiger partial charge on any atom is 0.396 e. The number of hydrogen-bond donors (Lipinski definition) is 4. The third kappa shape index (κ3) is 8.77. The third-order valence-corrected chi connectivity index (χ3v) is 12.3. The van der Waals surface area contributed by atoms with Crippen molar-refractivity contribution in [2.75, 3.05) is 23.9 Å². The molecule has 4 aliphatic heterocycles. The number of carboxylic acids is 1. The molecule has 0 spiro atoms. The van der Waals surface area contributed by atoms with Gasteiger partial charge in [0.1, 0.15) is 23.9 Å². The normalized spacial score (nSPS) is 20.7. The highest BCUT2D eigenvalue weighted by molar-refractivity contribution is 8.01. The summed E-state index contributed by atoms with van der Waals surface area (Å²) in [6, 6.07) is 8.14. The molecule has 0 radical (unpaired) electrons. The Kier molecular flexibility index (Phi) is 12.2. The van der Waals surface area contributed by atoms with Gasteiger partial charge in [-0.2, -0.15) is 0 Å². The number of fused-ring (bicyclic) bond motifs is 2. The van der Waals surface area contributed by atoms with Gasteiger partial charge in [0, 0.05) is 54.9 Å². The second-order valence-corrected chi connectivity index (χ2v) is 15.5. The molecule has 4 N–H and O–H groups in total. The number of nitrogens with zero attached hydrogens (tertiary/aromatic N) is 6. The monoisotopic (exact) mass is 802 g/mol. The Labute approximate surface area is 319 Å². The van der Waals surface area contributed by atoms with Crippen molar-refractivity contribution in [2.24, 2.45) is 7.05 Å². The van der Waals surface area contributed by atoms with E-state index >= 15 is 0 Å². The van der Waals surface area contributed by atoms with Gasteiger partial charge in [-0.25, -0.2) is 14.3 Å². The molecule has 6 heterocycles. The quantitative estimate of drug-likeness (QED) is 0.0865. The van der Waals surface area contributed by atoms with E-state index in [1.807, 2.05) is 6.20 Å². The van der Waals surface area contributed by atoms with Crippen LogP contribution in [0.4, 0.5) is 0 Å². The lowest BCUT2D eigenvalue weighted by atomic mass is 10.0. The molecule has 1 aromatic carbocycles. The molecule has 21 heteroatoms. The Morgan fingerprint density at radius 3 is 2.66 bits per heavy atom. The maximum absolute atomic E-state index is 13.4. The molecular weight excluding hydrogens is 770 g/mol. The van der Waals surface area contributed by atoms with Crippen LogP contribution in [-0.4, -0.2) is 116 Å². The Bertz CT molecular complexity index is 2030. The zero-order chi connectivity index (χ0) is 37.6. The van der Waals surface area contributed by atoms with Crippen molar-refractivity contribution >= 4 is 82.2 Å². The number of halogens is 1. The van der Waals surface area contributed by atoms with Gasteiger partial charge in [0.25, 0.3) is 17.5 Å². The number of amides is 4. The molecule has 53 heavy (non-hydrogen) atoms. The molecule has 0 aliphatic carbocycles. The first-order valence-corrected chi connectivity index (χ1v) is 19.7. The summed E-state index contributed by atoms with van der Waals surface area (Å²) in [7, 11) is 1.76. The van der Waals surface area contributed by atoms with E-state index in [1.54, 1.807) is 70.5 Å². The lowest BCUT2D eigenvalue weighted by Crippen LogP contribution is -2.69. The standard InChI is InChI=1S/C25H25ClN8O5S2.C7H7NO3S/c1-33-25(30-31-32-33)41-13-14-10-34-23(38)21(24(34)40-12-14)29-22(37)20(15-5-3-2-4-6-15)28-19(36)11-39-18-9-27-16(8-26)7-17(18)35;9-5-3-6-8(5)4(7(10)11)1-2-12-6/h2-7,9-10,20-21,24H,8,11-13H2,1H3,(H,27,35)(H,28,36)(H,29,37);6H,1-3H2/p+1/t20?,21?,24-;6-/m00/s1. The van der Waals surface area contributed by atoms with E-state index in [2.05, 4.69) is 31.1 Å². The number of alkyl halides is 1. The van der Waals surface area contributed by atoms with E-state index in [-0.39, 0.29) is 39.9 Å². The SMILES string of the molecule is Cn1nnnc1SCC1=CN2C(=O)C(NC(=O)C(NC(=O)COc3c[nH]c(CCl)cc3=O)c3ccccc3)[C@@H]2SC1.O=C(O)C1=[N+]2C(=O)C[C@@H]2SCC1. The molecule has 2 aromatic heterocycles. The molecule has 2 saturated heterocycles. The highest BCUT2D eigenvalue weighted by Crippen LogP contribution is 2.37. The number of thioether (sulfide) groups is 3. The number of ether oxygens (including phenoxy) is 1. The zero-order valence-corrected chi connectivity index (χ0v) is 31.2. The smallest absolute Gasteiger partial charge is 0.396 e. The highest BCUT2D eigenvalue weighted by atomic mass is 35.5. The van der Waals surface area contributed by atoms with Crippen LogP contribution in [0.5, 0.6) is 5.75 Å². The van der Waals surface area contributed by atoms with E-state index in [9.17, 15) is 28.8 Å². The van der Waals surface area contributed by atoms with Crippen LogP contribution in [0, 0.1) is 0 Å². The number of carbonyl (C=O) groups excluding carboxylic acids is 4. The predicted octanol–water partition coefficient (Wildman–Crippen LogP) is 0.867. The number of H-pyrrole nitrogens is 1. The van der Waals surface area contributed by atoms with Crippen molar-refractivity contribution in [1.82, 2.24) is 40.7 Å². The summed E-state index contributed by atoms with van der Waals surface area (Å²) >= 11 is 10.4. The lowest BCUT2D eigenvalue weighted by Gasteiger charge is -2.47. The minimum absolute atomic E-state index is 0.0513. The van der Waals surface area contributed by atoms with Crippen LogP contribution in [0.2, 0.25) is 0 Å². The van der Waals surface area contributed by atoms with Crippen molar-refractivity contribution in [2.45, 2.75) is 46.7 Å². The number of aromatic nitrogens is 5. The molecule has 0 saturated carbocycles. The minimum atomic E-state index is -1.08. The number of rotatable bonds is 12. The van der Waals surface area contributed by atoms with Gasteiger partial charge in [-0.3, -0.25) is 19.2 Å². The van der Waals surface area contributed by atoms with Gasteiger partial charge in [-0.1, -0.05) is 53.9 Å². The van der Waals surface area contributed by atoms with Crippen LogP contribution >= 0.6 is 46.9 Å². The number of benzene rings is 1. The topological polar surface area (TPSA) is 222 Å². The third-order valence-electron chi connectivity index (χ3n) is 8.34. The van der Waals surface area contributed by atoms with Crippen molar-refractivity contribution < 1.29 is 38.4 Å². The number of tetrazole rings is 1. The lowest BCUT2D eigenvalue weighted by molar-refractivity contribution is -0.505. The van der Waals surface area contributed by atoms with Gasteiger partial charge >= 0.3 is 11.9 Å². The summed E-state index contributed by atoms with van der Waals surface area (Å²) in [6.45, 7) is -0.496. The Balaban J connectivity index is 0.000000337. The van der Waals surface area contributed by atoms with E-state index in [1.165, 1.54) is 28.6 Å². The fraction of sp³-hybridized carbons (Fsp3) is 0.375. The van der Waals surface area contributed by atoms with Crippen LogP contribution < -0.4 is 20.8 Å². The fourth-order valence-electron chi connectivity index (χ4n) is 5.62. The van der Waals surface area contributed by atoms with E-state index in [4.69, 9.17) is 21.4 Å². The van der Waals surface area contributed by atoms with Gasteiger partial charge in [-0.05, 0) is 21.6 Å². The first-order chi connectivity index (χ1) is 25.5. The van der Waals surface area contributed by atoms with Crippen molar-refractivity contribution in [3.05, 3.63) is 75.8 Å². The summed E-state index contributed by atoms with van der Waals surface area (Å²) in [6.07, 6.45) is 4.15.